The molecule has 0 saturated heterocycles. The van der Waals surface area contributed by atoms with E-state index in [9.17, 15) is 4.79 Å². The first-order valence-electron chi connectivity index (χ1n) is 8.70. The van der Waals surface area contributed by atoms with Crippen LogP contribution in [-0.4, -0.2) is 23.1 Å². The van der Waals surface area contributed by atoms with E-state index >= 15 is 0 Å². The summed E-state index contributed by atoms with van der Waals surface area (Å²) in [4.78, 5) is 16.3. The quantitative estimate of drug-likeness (QED) is 0.758. The number of fused-ring (bicyclic) bond motifs is 1. The molecule has 1 heterocycles. The summed E-state index contributed by atoms with van der Waals surface area (Å²) in [6, 6.07) is 13.4. The molecule has 3 N–H and O–H groups in total. The molecule has 1 aromatic heterocycles. The van der Waals surface area contributed by atoms with Gasteiger partial charge in [0.25, 0.3) is 11.8 Å². The van der Waals surface area contributed by atoms with Crippen molar-refractivity contribution in [2.45, 2.75) is 25.3 Å². The molecule has 1 aliphatic rings. The molecule has 0 aliphatic heterocycles. The number of nitrogens with two attached hydrogens (primary N) is 1. The molecule has 4 rings (SSSR count). The maximum Gasteiger partial charge on any atom is 0.258 e. The predicted molar refractivity (Wildman–Crippen MR) is 98.4 cm³/mol. The highest BCUT2D eigenvalue weighted by molar-refractivity contribution is 5.95. The Balaban J connectivity index is 1.66. The van der Waals surface area contributed by atoms with E-state index in [1.807, 2.05) is 12.1 Å². The highest BCUT2D eigenvalue weighted by Gasteiger charge is 2.19. The zero-order valence-corrected chi connectivity index (χ0v) is 14.5. The third-order valence-corrected chi connectivity index (χ3v) is 4.79. The molecule has 26 heavy (non-hydrogen) atoms. The van der Waals surface area contributed by atoms with Crippen LogP contribution in [0.4, 0.5) is 0 Å². The lowest BCUT2D eigenvalue weighted by Gasteiger charge is -2.22. The summed E-state index contributed by atoms with van der Waals surface area (Å²) in [6.07, 6.45) is 3.14. The number of carbonyl (C=O) groups excluding carboxylic acids is 1. The number of rotatable bonds is 3. The van der Waals surface area contributed by atoms with Gasteiger partial charge in [-0.15, -0.1) is 0 Å². The molecular formula is C20H20N4O2. The highest BCUT2D eigenvalue weighted by atomic mass is 16.5. The van der Waals surface area contributed by atoms with Gasteiger partial charge in [0, 0.05) is 29.8 Å². The van der Waals surface area contributed by atoms with Gasteiger partial charge in [-0.25, -0.2) is 0 Å². The van der Waals surface area contributed by atoms with Crippen LogP contribution in [0.1, 0.15) is 40.4 Å². The van der Waals surface area contributed by atoms with Gasteiger partial charge in [0.15, 0.2) is 0 Å². The van der Waals surface area contributed by atoms with Gasteiger partial charge >= 0.3 is 0 Å². The number of aromatic nitrogens is 2. The van der Waals surface area contributed by atoms with E-state index in [-0.39, 0.29) is 11.9 Å². The van der Waals surface area contributed by atoms with Crippen LogP contribution in [0, 0.1) is 0 Å². The Kier molecular flexibility index (Phi) is 4.26. The third-order valence-electron chi connectivity index (χ3n) is 4.79. The zero-order chi connectivity index (χ0) is 18.1. The second kappa shape index (κ2) is 6.72. The molecule has 0 saturated carbocycles. The maximum atomic E-state index is 11.8. The molecule has 1 aliphatic carbocycles. The average Bonchev–Trinajstić information content (AvgIpc) is 3.18. The van der Waals surface area contributed by atoms with Gasteiger partial charge in [-0.1, -0.05) is 23.4 Å². The largest absolute Gasteiger partial charge is 0.355 e. The SMILES string of the molecule is CNC(=O)c1cccc(-c2noc(-c3ccc4c(c3)CCCC4N)n2)c1. The smallest absolute Gasteiger partial charge is 0.258 e. The summed E-state index contributed by atoms with van der Waals surface area (Å²) in [6.45, 7) is 0. The maximum absolute atomic E-state index is 11.8. The third kappa shape index (κ3) is 2.99. The van der Waals surface area contributed by atoms with E-state index in [0.717, 1.165) is 30.4 Å². The molecule has 0 fully saturated rings. The molecule has 6 heteroatoms. The second-order valence-electron chi connectivity index (χ2n) is 6.50. The molecule has 132 valence electrons. The van der Waals surface area contributed by atoms with Crippen LogP contribution < -0.4 is 11.1 Å². The Morgan fingerprint density at radius 3 is 2.96 bits per heavy atom. The van der Waals surface area contributed by atoms with Gasteiger partial charge in [-0.05, 0) is 54.7 Å². The minimum atomic E-state index is -0.151. The molecule has 0 bridgehead atoms. The Hall–Kier alpha value is -2.99. The Labute approximate surface area is 151 Å². The molecule has 1 unspecified atom stereocenters. The van der Waals surface area contributed by atoms with Crippen LogP contribution in [0.3, 0.4) is 0 Å². The molecule has 0 spiro atoms. The molecule has 1 amide bonds. The van der Waals surface area contributed by atoms with Crippen molar-refractivity contribution < 1.29 is 9.32 Å². The number of carbonyl (C=O) groups is 1. The lowest BCUT2D eigenvalue weighted by Crippen LogP contribution is -2.17. The molecule has 0 radical (unpaired) electrons. The minimum Gasteiger partial charge on any atom is -0.355 e. The number of nitrogens with zero attached hydrogens (tertiary/aromatic N) is 2. The fourth-order valence-corrected chi connectivity index (χ4v) is 3.39. The van der Waals surface area contributed by atoms with E-state index < -0.39 is 0 Å². The van der Waals surface area contributed by atoms with Crippen molar-refractivity contribution in [2.75, 3.05) is 7.05 Å². The van der Waals surface area contributed by atoms with Gasteiger partial charge in [0.2, 0.25) is 5.82 Å². The van der Waals surface area contributed by atoms with E-state index in [1.165, 1.54) is 11.1 Å². The normalized spacial score (nSPS) is 16.2. The van der Waals surface area contributed by atoms with E-state index in [2.05, 4.69) is 27.6 Å². The van der Waals surface area contributed by atoms with Crippen molar-refractivity contribution >= 4 is 5.91 Å². The summed E-state index contributed by atoms with van der Waals surface area (Å²) < 4.78 is 5.46. The number of benzene rings is 2. The number of aryl methyl sites for hydroxylation is 1. The average molecular weight is 348 g/mol. The Morgan fingerprint density at radius 1 is 1.23 bits per heavy atom. The number of hydrogen-bond donors (Lipinski definition) is 2. The van der Waals surface area contributed by atoms with Crippen LogP contribution in [0.2, 0.25) is 0 Å². The van der Waals surface area contributed by atoms with Crippen molar-refractivity contribution in [1.29, 1.82) is 0 Å². The first-order chi connectivity index (χ1) is 12.7. The fraction of sp³-hybridized carbons (Fsp3) is 0.250. The highest BCUT2D eigenvalue weighted by Crippen LogP contribution is 2.31. The molecule has 2 aromatic carbocycles. The van der Waals surface area contributed by atoms with Crippen molar-refractivity contribution in [1.82, 2.24) is 15.5 Å². The minimum absolute atomic E-state index is 0.110. The lowest BCUT2D eigenvalue weighted by atomic mass is 9.87. The molecule has 3 aromatic rings. The zero-order valence-electron chi connectivity index (χ0n) is 14.5. The topological polar surface area (TPSA) is 94.0 Å². The van der Waals surface area contributed by atoms with Crippen molar-refractivity contribution in [3.8, 4) is 22.8 Å². The van der Waals surface area contributed by atoms with Crippen molar-refractivity contribution in [3.05, 3.63) is 59.2 Å². The fourth-order valence-electron chi connectivity index (χ4n) is 3.39. The van der Waals surface area contributed by atoms with Gasteiger partial charge in [-0.2, -0.15) is 4.98 Å². The van der Waals surface area contributed by atoms with Crippen LogP contribution in [0.25, 0.3) is 22.8 Å². The Morgan fingerprint density at radius 2 is 2.12 bits per heavy atom. The molecular weight excluding hydrogens is 328 g/mol. The van der Waals surface area contributed by atoms with E-state index in [4.69, 9.17) is 10.3 Å². The Bertz CT molecular complexity index is 964. The summed E-state index contributed by atoms with van der Waals surface area (Å²) in [5.41, 5.74) is 10.8. The van der Waals surface area contributed by atoms with Crippen LogP contribution in [-0.2, 0) is 6.42 Å². The number of nitrogens with one attached hydrogen (secondary N) is 1. The first-order valence-corrected chi connectivity index (χ1v) is 8.70. The first kappa shape index (κ1) is 16.5. The van der Waals surface area contributed by atoms with Crippen LogP contribution in [0.15, 0.2) is 47.0 Å². The van der Waals surface area contributed by atoms with Gasteiger partial charge < -0.3 is 15.6 Å². The van der Waals surface area contributed by atoms with Crippen molar-refractivity contribution in [2.24, 2.45) is 5.73 Å². The van der Waals surface area contributed by atoms with Gasteiger partial charge in [0.1, 0.15) is 0 Å². The van der Waals surface area contributed by atoms with E-state index in [0.29, 0.717) is 17.3 Å². The monoisotopic (exact) mass is 348 g/mol. The van der Waals surface area contributed by atoms with Gasteiger partial charge in [0.05, 0.1) is 0 Å². The standard InChI is InChI=1S/C20H20N4O2/c1-22-19(25)14-6-2-5-13(11-14)18-23-20(26-24-18)15-8-9-16-12(10-15)4-3-7-17(16)21/h2,5-6,8-11,17H,3-4,7,21H2,1H3,(H,22,25). The molecule has 6 nitrogen and oxygen atoms in total. The number of amides is 1. The van der Waals surface area contributed by atoms with Crippen LogP contribution >= 0.6 is 0 Å². The number of hydrogen-bond acceptors (Lipinski definition) is 5. The van der Waals surface area contributed by atoms with Gasteiger partial charge in [-0.3, -0.25) is 4.79 Å². The van der Waals surface area contributed by atoms with Crippen molar-refractivity contribution in [3.63, 3.8) is 0 Å². The summed E-state index contributed by atoms with van der Waals surface area (Å²) in [7, 11) is 1.60. The summed E-state index contributed by atoms with van der Waals surface area (Å²) in [5, 5.41) is 6.68. The lowest BCUT2D eigenvalue weighted by molar-refractivity contribution is 0.0963. The van der Waals surface area contributed by atoms with Crippen LogP contribution in [0.5, 0.6) is 0 Å². The summed E-state index contributed by atoms with van der Waals surface area (Å²) in [5.74, 6) is 0.772. The second-order valence-corrected chi connectivity index (χ2v) is 6.50. The van der Waals surface area contributed by atoms with E-state index in [1.54, 1.807) is 25.2 Å². The molecule has 1 atom stereocenters. The summed E-state index contributed by atoms with van der Waals surface area (Å²) >= 11 is 0. The predicted octanol–water partition coefficient (Wildman–Crippen LogP) is 3.10.